The van der Waals surface area contributed by atoms with Gasteiger partial charge in [0.15, 0.2) is 5.82 Å². The van der Waals surface area contributed by atoms with E-state index in [4.69, 9.17) is 21.1 Å². The number of hydrogen-bond donors (Lipinski definition) is 1. The van der Waals surface area contributed by atoms with Crippen LogP contribution in [0.4, 0.5) is 21.6 Å². The minimum atomic E-state index is -0.617. The first kappa shape index (κ1) is 31.0. The predicted octanol–water partition coefficient (Wildman–Crippen LogP) is 4.43. The summed E-state index contributed by atoms with van der Waals surface area (Å²) in [4.78, 5) is 40.5. The predicted molar refractivity (Wildman–Crippen MR) is 162 cm³/mol. The maximum Gasteiger partial charge on any atom is 0.256 e. The van der Waals surface area contributed by atoms with Crippen molar-refractivity contribution in [3.05, 3.63) is 71.8 Å². The third-order valence-electron chi connectivity index (χ3n) is 6.22. The quantitative estimate of drug-likeness (QED) is 0.325. The lowest BCUT2D eigenvalue weighted by Gasteiger charge is -2.23. The Balaban J connectivity index is 1.82. The molecular formula is C30H34ClFN6O4. The molecule has 1 atom stereocenters. The number of amides is 2. The van der Waals surface area contributed by atoms with Crippen LogP contribution in [-0.2, 0) is 14.3 Å². The molecule has 0 bridgehead atoms. The van der Waals surface area contributed by atoms with Gasteiger partial charge in [-0.15, -0.1) is 0 Å². The van der Waals surface area contributed by atoms with E-state index in [1.807, 2.05) is 38.0 Å². The molecule has 222 valence electrons. The lowest BCUT2D eigenvalue weighted by molar-refractivity contribution is -0.113. The van der Waals surface area contributed by atoms with Crippen LogP contribution in [0.25, 0.3) is 10.9 Å². The molecule has 4 rings (SSSR count). The number of hydrogen-bond acceptors (Lipinski definition) is 8. The number of carbonyl (C=O) groups is 2. The minimum absolute atomic E-state index is 0.145. The number of anilines is 3. The van der Waals surface area contributed by atoms with Gasteiger partial charge in [0.05, 0.1) is 35.1 Å². The highest BCUT2D eigenvalue weighted by Gasteiger charge is 2.24. The van der Waals surface area contributed by atoms with Crippen molar-refractivity contribution in [2.24, 2.45) is 0 Å². The summed E-state index contributed by atoms with van der Waals surface area (Å²) in [5.41, 5.74) is 1.15. The van der Waals surface area contributed by atoms with Crippen molar-refractivity contribution in [1.82, 2.24) is 19.8 Å². The van der Waals surface area contributed by atoms with Gasteiger partial charge in [0.2, 0.25) is 5.91 Å². The van der Waals surface area contributed by atoms with Crippen LogP contribution < -0.4 is 15.0 Å². The number of halogens is 2. The highest BCUT2D eigenvalue weighted by Crippen LogP contribution is 2.37. The maximum atomic E-state index is 14.1. The number of ether oxygens (including phenoxy) is 2. The second kappa shape index (κ2) is 14.3. The van der Waals surface area contributed by atoms with Crippen LogP contribution in [0, 0.1) is 5.82 Å². The summed E-state index contributed by atoms with van der Waals surface area (Å²) in [7, 11) is 7.57. The van der Waals surface area contributed by atoms with Crippen molar-refractivity contribution < 1.29 is 23.5 Å². The maximum absolute atomic E-state index is 14.1. The Labute approximate surface area is 249 Å². The lowest BCUT2D eigenvalue weighted by Crippen LogP contribution is -2.26. The number of benzene rings is 2. The molecule has 2 heterocycles. The normalized spacial score (nSPS) is 15.4. The summed E-state index contributed by atoms with van der Waals surface area (Å²) in [6, 6.07) is 7.36. The highest BCUT2D eigenvalue weighted by molar-refractivity contribution is 6.31. The second-order valence-electron chi connectivity index (χ2n) is 10.3. The second-order valence-corrected chi connectivity index (χ2v) is 10.7. The summed E-state index contributed by atoms with van der Waals surface area (Å²) in [5.74, 6) is -0.775. The van der Waals surface area contributed by atoms with Crippen molar-refractivity contribution in [3.8, 4) is 5.75 Å². The smallest absolute Gasteiger partial charge is 0.256 e. The molecule has 0 unspecified atom stereocenters. The first-order chi connectivity index (χ1) is 20.1. The largest absolute Gasteiger partial charge is 0.486 e. The molecule has 1 aliphatic rings. The molecule has 1 aliphatic heterocycles. The molecule has 1 fully saturated rings. The van der Waals surface area contributed by atoms with Crippen LogP contribution in [0.1, 0.15) is 6.42 Å². The summed E-state index contributed by atoms with van der Waals surface area (Å²) >= 11 is 6.11. The molecular weight excluding hydrogens is 563 g/mol. The number of nitrogens with one attached hydrogen (secondary N) is 1. The fourth-order valence-corrected chi connectivity index (χ4v) is 4.37. The first-order valence-corrected chi connectivity index (χ1v) is 13.8. The van der Waals surface area contributed by atoms with Gasteiger partial charge in [0.25, 0.3) is 5.91 Å². The molecule has 1 N–H and O–H groups in total. The van der Waals surface area contributed by atoms with Crippen molar-refractivity contribution in [2.45, 2.75) is 12.5 Å². The van der Waals surface area contributed by atoms with E-state index in [2.05, 4.69) is 15.3 Å². The third kappa shape index (κ3) is 8.10. The molecule has 1 aromatic heterocycles. The SMILES string of the molecule is CN(C)C/C=C/C(=O)Nc1cc2c(N(C(=O)/C=C/CN(C)C)c3ccc(F)c(Cl)c3)ncnc2cc1O[C@H]1CCOC1. The van der Waals surface area contributed by atoms with E-state index in [9.17, 15) is 14.0 Å². The molecule has 2 amide bonds. The van der Waals surface area contributed by atoms with Gasteiger partial charge in [-0.3, -0.25) is 14.5 Å². The number of likely N-dealkylation sites (N-methyl/N-ethyl adjacent to an activating group) is 2. The van der Waals surface area contributed by atoms with E-state index in [0.29, 0.717) is 60.8 Å². The zero-order chi connectivity index (χ0) is 30.2. The van der Waals surface area contributed by atoms with Gasteiger partial charge in [-0.05, 0) is 52.5 Å². The molecule has 0 radical (unpaired) electrons. The fourth-order valence-electron chi connectivity index (χ4n) is 4.19. The standard InChI is InChI=1S/C30H34ClFN6O4/c1-36(2)12-5-7-28(39)35-26-16-22-25(17-27(26)42-21-11-14-41-18-21)33-19-34-30(22)38(29(40)8-6-13-37(3)4)20-9-10-24(32)23(31)15-20/h5-10,15-17,19,21H,11-14,18H2,1-4H3,(H,35,39)/b7-5+,8-6+/t21-/m0/s1. The van der Waals surface area contributed by atoms with E-state index in [0.717, 1.165) is 0 Å². The Morgan fingerprint density at radius 3 is 2.50 bits per heavy atom. The molecule has 12 heteroatoms. The number of rotatable bonds is 11. The van der Waals surface area contributed by atoms with Gasteiger partial charge in [0.1, 0.15) is 24.0 Å². The van der Waals surface area contributed by atoms with Gasteiger partial charge in [-0.1, -0.05) is 23.8 Å². The van der Waals surface area contributed by atoms with Gasteiger partial charge < -0.3 is 24.6 Å². The van der Waals surface area contributed by atoms with Crippen LogP contribution in [0.15, 0.2) is 61.0 Å². The van der Waals surface area contributed by atoms with E-state index < -0.39 is 11.7 Å². The molecule has 1 saturated heterocycles. The van der Waals surface area contributed by atoms with Crippen molar-refractivity contribution in [2.75, 3.05) is 64.7 Å². The van der Waals surface area contributed by atoms with Crippen LogP contribution in [0.3, 0.4) is 0 Å². The Bertz CT molecular complexity index is 1490. The summed E-state index contributed by atoms with van der Waals surface area (Å²) in [5, 5.41) is 3.20. The van der Waals surface area contributed by atoms with Crippen LogP contribution in [-0.4, -0.2) is 92.2 Å². The van der Waals surface area contributed by atoms with Gasteiger partial charge >= 0.3 is 0 Å². The first-order valence-electron chi connectivity index (χ1n) is 13.4. The molecule has 3 aromatic rings. The van der Waals surface area contributed by atoms with Gasteiger partial charge in [-0.25, -0.2) is 14.4 Å². The van der Waals surface area contributed by atoms with Gasteiger partial charge in [-0.2, -0.15) is 0 Å². The zero-order valence-electron chi connectivity index (χ0n) is 24.0. The number of aromatic nitrogens is 2. The topological polar surface area (TPSA) is 100 Å². The number of carbonyl (C=O) groups excluding carboxylic acids is 2. The number of nitrogens with zero attached hydrogens (tertiary/aromatic N) is 5. The molecule has 10 nitrogen and oxygen atoms in total. The average molecular weight is 597 g/mol. The van der Waals surface area contributed by atoms with Gasteiger partial charge in [0, 0.05) is 43.1 Å². The Morgan fingerprint density at radius 1 is 1.10 bits per heavy atom. The molecule has 0 aliphatic carbocycles. The van der Waals surface area contributed by atoms with Crippen LogP contribution in [0.5, 0.6) is 5.75 Å². The van der Waals surface area contributed by atoms with Crippen LogP contribution >= 0.6 is 11.6 Å². The lowest BCUT2D eigenvalue weighted by atomic mass is 10.1. The molecule has 2 aromatic carbocycles. The Hall–Kier alpha value is -3.90. The Morgan fingerprint density at radius 2 is 1.83 bits per heavy atom. The summed E-state index contributed by atoms with van der Waals surface area (Å²) < 4.78 is 25.7. The van der Waals surface area contributed by atoms with E-state index >= 15 is 0 Å². The van der Waals surface area contributed by atoms with E-state index in [-0.39, 0.29) is 22.9 Å². The van der Waals surface area contributed by atoms with E-state index in [1.54, 1.807) is 24.3 Å². The molecule has 0 spiro atoms. The third-order valence-corrected chi connectivity index (χ3v) is 6.51. The zero-order valence-corrected chi connectivity index (χ0v) is 24.8. The highest BCUT2D eigenvalue weighted by atomic mass is 35.5. The fraction of sp³-hybridized carbons (Fsp3) is 0.333. The monoisotopic (exact) mass is 596 g/mol. The van der Waals surface area contributed by atoms with Crippen LogP contribution in [0.2, 0.25) is 5.02 Å². The molecule has 42 heavy (non-hydrogen) atoms. The van der Waals surface area contributed by atoms with Crippen molar-refractivity contribution in [1.29, 1.82) is 0 Å². The van der Waals surface area contributed by atoms with Crippen molar-refractivity contribution in [3.63, 3.8) is 0 Å². The Kier molecular flexibility index (Phi) is 10.6. The minimum Gasteiger partial charge on any atom is -0.486 e. The summed E-state index contributed by atoms with van der Waals surface area (Å²) in [6.07, 6.45) is 8.17. The average Bonchev–Trinajstić information content (AvgIpc) is 3.44. The number of fused-ring (bicyclic) bond motifs is 1. The van der Waals surface area contributed by atoms with Crippen molar-refractivity contribution >= 4 is 51.5 Å². The molecule has 0 saturated carbocycles. The van der Waals surface area contributed by atoms with E-state index in [1.165, 1.54) is 41.6 Å². The summed E-state index contributed by atoms with van der Waals surface area (Å²) in [6.45, 7) is 2.12.